The highest BCUT2D eigenvalue weighted by molar-refractivity contribution is 5.79. The van der Waals surface area contributed by atoms with E-state index in [0.29, 0.717) is 18.6 Å². The maximum Gasteiger partial charge on any atom is 0.416 e. The number of aromatic nitrogens is 2. The number of alkyl halides is 3. The lowest BCUT2D eigenvalue weighted by molar-refractivity contribution is -0.138. The van der Waals surface area contributed by atoms with Crippen molar-refractivity contribution in [1.82, 2.24) is 14.7 Å². The van der Waals surface area contributed by atoms with Gasteiger partial charge in [0.1, 0.15) is 6.10 Å². The topological polar surface area (TPSA) is 47.4 Å². The minimum absolute atomic E-state index is 0.0893. The molecule has 1 aromatic carbocycles. The highest BCUT2D eigenvalue weighted by Crippen LogP contribution is 2.35. The normalized spacial score (nSPS) is 20.3. The van der Waals surface area contributed by atoms with Crippen LogP contribution < -0.4 is 0 Å². The molecule has 8 heteroatoms. The Labute approximate surface area is 149 Å². The molecule has 0 spiro atoms. The number of benzene rings is 1. The highest BCUT2D eigenvalue weighted by atomic mass is 19.4. The monoisotopic (exact) mass is 367 g/mol. The second-order valence-electron chi connectivity index (χ2n) is 6.46. The quantitative estimate of drug-likeness (QED) is 0.834. The number of carbonyl (C=O) groups excluding carboxylic acids is 1. The Hall–Kier alpha value is -2.35. The number of carbonyl (C=O) groups is 1. The molecular weight excluding hydrogens is 347 g/mol. The van der Waals surface area contributed by atoms with Crippen molar-refractivity contribution in [2.75, 3.05) is 13.7 Å². The number of nitrogens with zero attached hydrogens (tertiary/aromatic N) is 3. The van der Waals surface area contributed by atoms with Crippen molar-refractivity contribution < 1.29 is 22.7 Å². The van der Waals surface area contributed by atoms with Gasteiger partial charge < -0.3 is 9.64 Å². The van der Waals surface area contributed by atoms with Gasteiger partial charge in [-0.25, -0.2) is 0 Å². The van der Waals surface area contributed by atoms with Crippen molar-refractivity contribution in [3.05, 3.63) is 53.3 Å². The first kappa shape index (κ1) is 18.4. The minimum atomic E-state index is -4.36. The summed E-state index contributed by atoms with van der Waals surface area (Å²) in [6.45, 7) is 0.728. The Balaban J connectivity index is 1.68. The number of hydrogen-bond donors (Lipinski definition) is 0. The Morgan fingerprint density at radius 3 is 2.58 bits per heavy atom. The van der Waals surface area contributed by atoms with Gasteiger partial charge in [-0.1, -0.05) is 12.1 Å². The molecule has 2 heterocycles. The molecule has 0 unspecified atom stereocenters. The lowest BCUT2D eigenvalue weighted by atomic mass is 9.97. The fraction of sp³-hybridized carbons (Fsp3) is 0.444. The van der Waals surface area contributed by atoms with Gasteiger partial charge in [-0.2, -0.15) is 18.3 Å². The summed E-state index contributed by atoms with van der Waals surface area (Å²) in [4.78, 5) is 14.4. The van der Waals surface area contributed by atoms with Crippen LogP contribution in [-0.4, -0.2) is 34.2 Å². The molecule has 1 aromatic heterocycles. The molecule has 140 valence electrons. The molecule has 2 aromatic rings. The summed E-state index contributed by atoms with van der Waals surface area (Å²) in [5.41, 5.74) is 0.782. The Morgan fingerprint density at radius 2 is 2.00 bits per heavy atom. The average molecular weight is 367 g/mol. The summed E-state index contributed by atoms with van der Waals surface area (Å²) >= 11 is 0. The van der Waals surface area contributed by atoms with E-state index in [2.05, 4.69) is 5.10 Å². The zero-order valence-corrected chi connectivity index (χ0v) is 14.5. The second kappa shape index (κ2) is 7.11. The molecule has 1 fully saturated rings. The molecule has 0 bridgehead atoms. The lowest BCUT2D eigenvalue weighted by Gasteiger charge is -2.24. The van der Waals surface area contributed by atoms with Crippen LogP contribution in [0, 0.1) is 5.92 Å². The van der Waals surface area contributed by atoms with Crippen LogP contribution in [0.3, 0.4) is 0 Å². The van der Waals surface area contributed by atoms with Crippen LogP contribution in [0.25, 0.3) is 0 Å². The molecule has 0 N–H and O–H groups in total. The van der Waals surface area contributed by atoms with Gasteiger partial charge in [-0.15, -0.1) is 0 Å². The van der Waals surface area contributed by atoms with Crippen molar-refractivity contribution in [3.8, 4) is 0 Å². The van der Waals surface area contributed by atoms with E-state index in [1.165, 1.54) is 17.0 Å². The molecule has 2 atom stereocenters. The van der Waals surface area contributed by atoms with E-state index in [1.54, 1.807) is 25.0 Å². The molecule has 1 saturated heterocycles. The summed E-state index contributed by atoms with van der Waals surface area (Å²) in [6.07, 6.45) is -2.46. The smallest absolute Gasteiger partial charge is 0.371 e. The first-order valence-corrected chi connectivity index (χ1v) is 8.28. The molecule has 1 amide bonds. The van der Waals surface area contributed by atoms with Crippen molar-refractivity contribution >= 4 is 5.91 Å². The molecule has 0 aliphatic carbocycles. The molecule has 26 heavy (non-hydrogen) atoms. The van der Waals surface area contributed by atoms with Gasteiger partial charge in [0.05, 0.1) is 17.2 Å². The minimum Gasteiger partial charge on any atom is -0.371 e. The SMILES string of the molecule is CN(Cc1ccc(C(F)(F)F)cc1)C(=O)[C@@H]1CCO[C@H]1c1ccnn1C. The van der Waals surface area contributed by atoms with E-state index in [1.807, 2.05) is 6.07 Å². The molecule has 1 aliphatic heterocycles. The van der Waals surface area contributed by atoms with Crippen LogP contribution in [0.2, 0.25) is 0 Å². The predicted molar refractivity (Wildman–Crippen MR) is 87.9 cm³/mol. The zero-order chi connectivity index (χ0) is 18.9. The number of amides is 1. The molecule has 5 nitrogen and oxygen atoms in total. The van der Waals surface area contributed by atoms with Crippen LogP contribution in [0.1, 0.15) is 29.3 Å². The highest BCUT2D eigenvalue weighted by Gasteiger charge is 2.38. The number of hydrogen-bond acceptors (Lipinski definition) is 3. The summed E-state index contributed by atoms with van der Waals surface area (Å²) in [7, 11) is 3.45. The lowest BCUT2D eigenvalue weighted by Crippen LogP contribution is -2.34. The van der Waals surface area contributed by atoms with Gasteiger partial charge >= 0.3 is 6.18 Å². The summed E-state index contributed by atoms with van der Waals surface area (Å²) in [5.74, 6) is -0.418. The van der Waals surface area contributed by atoms with Crippen LogP contribution in [-0.2, 0) is 29.3 Å². The van der Waals surface area contributed by atoms with Crippen LogP contribution >= 0.6 is 0 Å². The third kappa shape index (κ3) is 3.75. The first-order chi connectivity index (χ1) is 12.3. The van der Waals surface area contributed by atoms with Crippen LogP contribution in [0.5, 0.6) is 0 Å². The standard InChI is InChI=1S/C18H20F3N3O2/c1-23(11-12-3-5-13(6-4-12)18(19,20)21)17(25)14-8-10-26-16(14)15-7-9-22-24(15)2/h3-7,9,14,16H,8,10-11H2,1-2H3/t14-,16-/m1/s1. The third-order valence-electron chi connectivity index (χ3n) is 4.64. The fourth-order valence-corrected chi connectivity index (χ4v) is 3.23. The summed E-state index contributed by atoms with van der Waals surface area (Å²) < 4.78 is 45.3. The molecule has 0 radical (unpaired) electrons. The zero-order valence-electron chi connectivity index (χ0n) is 14.5. The third-order valence-corrected chi connectivity index (χ3v) is 4.64. The van der Waals surface area contributed by atoms with Gasteiger partial charge in [-0.05, 0) is 30.2 Å². The van der Waals surface area contributed by atoms with E-state index in [9.17, 15) is 18.0 Å². The van der Waals surface area contributed by atoms with Crippen molar-refractivity contribution in [2.24, 2.45) is 13.0 Å². The van der Waals surface area contributed by atoms with Crippen molar-refractivity contribution in [1.29, 1.82) is 0 Å². The summed E-state index contributed by atoms with van der Waals surface area (Å²) in [6, 6.07) is 6.69. The van der Waals surface area contributed by atoms with Gasteiger partial charge in [0, 0.05) is 33.4 Å². The molecular formula is C18H20F3N3O2. The van der Waals surface area contributed by atoms with Gasteiger partial charge in [-0.3, -0.25) is 9.48 Å². The Kier molecular flexibility index (Phi) is 5.04. The van der Waals surface area contributed by atoms with Gasteiger partial charge in [0.25, 0.3) is 0 Å². The summed E-state index contributed by atoms with van der Waals surface area (Å²) in [5, 5.41) is 4.12. The average Bonchev–Trinajstić information content (AvgIpc) is 3.22. The largest absolute Gasteiger partial charge is 0.416 e. The Morgan fingerprint density at radius 1 is 1.31 bits per heavy atom. The van der Waals surface area contributed by atoms with E-state index in [-0.39, 0.29) is 24.5 Å². The number of aryl methyl sites for hydroxylation is 1. The van der Waals surface area contributed by atoms with E-state index in [4.69, 9.17) is 4.74 Å². The van der Waals surface area contributed by atoms with E-state index >= 15 is 0 Å². The second-order valence-corrected chi connectivity index (χ2v) is 6.46. The van der Waals surface area contributed by atoms with Crippen LogP contribution in [0.4, 0.5) is 13.2 Å². The number of ether oxygens (including phenoxy) is 1. The van der Waals surface area contributed by atoms with Crippen LogP contribution in [0.15, 0.2) is 36.5 Å². The Bertz CT molecular complexity index is 771. The molecule has 1 aliphatic rings. The van der Waals surface area contributed by atoms with E-state index < -0.39 is 11.7 Å². The molecule has 0 saturated carbocycles. The van der Waals surface area contributed by atoms with Gasteiger partial charge in [0.15, 0.2) is 0 Å². The van der Waals surface area contributed by atoms with Gasteiger partial charge in [0.2, 0.25) is 5.91 Å². The number of halogens is 3. The number of rotatable bonds is 4. The molecule has 3 rings (SSSR count). The van der Waals surface area contributed by atoms with E-state index in [0.717, 1.165) is 17.8 Å². The fourth-order valence-electron chi connectivity index (χ4n) is 3.23. The van der Waals surface area contributed by atoms with Crippen molar-refractivity contribution in [2.45, 2.75) is 25.2 Å². The first-order valence-electron chi connectivity index (χ1n) is 8.28. The maximum absolute atomic E-state index is 12.8. The predicted octanol–water partition coefficient (Wildman–Crippen LogP) is 3.18. The van der Waals surface area contributed by atoms with Crippen molar-refractivity contribution in [3.63, 3.8) is 0 Å². The maximum atomic E-state index is 12.8.